The first kappa shape index (κ1) is 31.0. The van der Waals surface area contributed by atoms with Gasteiger partial charge in [-0.05, 0) is 78.7 Å². The Kier molecular flexibility index (Phi) is 9.88. The number of urea groups is 1. The number of ether oxygens (including phenoxy) is 1. The lowest BCUT2D eigenvalue weighted by molar-refractivity contribution is 0.0950. The molecule has 45 heavy (non-hydrogen) atoms. The smallest absolute Gasteiger partial charge is 0.321 e. The summed E-state index contributed by atoms with van der Waals surface area (Å²) in [7, 11) is 1.54. The number of rotatable bonds is 8. The van der Waals surface area contributed by atoms with Crippen molar-refractivity contribution in [2.75, 3.05) is 48.8 Å². The van der Waals surface area contributed by atoms with Gasteiger partial charge in [-0.15, -0.1) is 0 Å². The minimum Gasteiger partial charge on any atom is -0.497 e. The topological polar surface area (TPSA) is 103 Å². The number of amides is 4. The maximum absolute atomic E-state index is 14.1. The van der Waals surface area contributed by atoms with Crippen molar-refractivity contribution >= 4 is 34.9 Å². The van der Waals surface area contributed by atoms with Crippen LogP contribution in [0.2, 0.25) is 0 Å². The molecule has 0 saturated carbocycles. The lowest BCUT2D eigenvalue weighted by atomic mass is 10.1. The van der Waals surface area contributed by atoms with Crippen molar-refractivity contribution in [3.8, 4) is 5.75 Å². The number of halogens is 2. The normalized spacial score (nSPS) is 13.0. The van der Waals surface area contributed by atoms with Crippen LogP contribution >= 0.6 is 0 Å². The first-order valence-corrected chi connectivity index (χ1v) is 14.5. The Balaban J connectivity index is 1.34. The number of methoxy groups -OCH3 is 1. The van der Waals surface area contributed by atoms with E-state index in [0.29, 0.717) is 60.9 Å². The lowest BCUT2D eigenvalue weighted by Gasteiger charge is -2.26. The van der Waals surface area contributed by atoms with Gasteiger partial charge in [0.2, 0.25) is 0 Å². The predicted octanol–water partition coefficient (Wildman–Crippen LogP) is 5.90. The van der Waals surface area contributed by atoms with Crippen LogP contribution in [0, 0.1) is 11.6 Å². The molecule has 0 atom stereocenters. The SMILES string of the molecule is COc1ccc(C(=O)Nc2ccc(N3CCCN(C(=O)Nc4ccccc4F)CC3)c(C(=O)NCc3ccc(F)cc3)c2)cc1. The monoisotopic (exact) mass is 613 g/mol. The number of nitrogens with zero attached hydrogens (tertiary/aromatic N) is 2. The van der Waals surface area contributed by atoms with Crippen molar-refractivity contribution in [3.63, 3.8) is 0 Å². The Morgan fingerprint density at radius 2 is 1.56 bits per heavy atom. The maximum atomic E-state index is 14.1. The average Bonchev–Trinajstić information content (AvgIpc) is 3.32. The number of carbonyl (C=O) groups excluding carboxylic acids is 3. The number of para-hydroxylation sites is 1. The molecule has 0 bridgehead atoms. The molecule has 0 aliphatic carbocycles. The second-order valence-corrected chi connectivity index (χ2v) is 10.5. The molecule has 1 aliphatic rings. The van der Waals surface area contributed by atoms with E-state index >= 15 is 0 Å². The Bertz CT molecular complexity index is 1660. The van der Waals surface area contributed by atoms with E-state index in [-0.39, 0.29) is 29.9 Å². The van der Waals surface area contributed by atoms with Gasteiger partial charge >= 0.3 is 6.03 Å². The lowest BCUT2D eigenvalue weighted by Crippen LogP contribution is -2.38. The molecule has 4 aromatic carbocycles. The fourth-order valence-corrected chi connectivity index (χ4v) is 5.02. The van der Waals surface area contributed by atoms with E-state index in [1.807, 2.05) is 4.90 Å². The first-order valence-electron chi connectivity index (χ1n) is 14.5. The molecular weight excluding hydrogens is 580 g/mol. The van der Waals surface area contributed by atoms with E-state index in [2.05, 4.69) is 16.0 Å². The van der Waals surface area contributed by atoms with Crippen LogP contribution in [-0.2, 0) is 6.54 Å². The van der Waals surface area contributed by atoms with Crippen LogP contribution in [0.1, 0.15) is 32.7 Å². The summed E-state index contributed by atoms with van der Waals surface area (Å²) < 4.78 is 32.6. The van der Waals surface area contributed by atoms with Crippen molar-refractivity contribution in [2.24, 2.45) is 0 Å². The molecule has 5 rings (SSSR count). The summed E-state index contributed by atoms with van der Waals surface area (Å²) in [5, 5.41) is 8.37. The summed E-state index contributed by atoms with van der Waals surface area (Å²) in [6.07, 6.45) is 0.608. The molecule has 3 N–H and O–H groups in total. The van der Waals surface area contributed by atoms with Crippen LogP contribution in [0.15, 0.2) is 91.0 Å². The zero-order chi connectivity index (χ0) is 31.8. The van der Waals surface area contributed by atoms with E-state index in [0.717, 1.165) is 5.56 Å². The Morgan fingerprint density at radius 1 is 0.800 bits per heavy atom. The molecule has 4 aromatic rings. The van der Waals surface area contributed by atoms with E-state index in [1.54, 1.807) is 78.7 Å². The molecule has 0 aromatic heterocycles. The predicted molar refractivity (Wildman–Crippen MR) is 169 cm³/mol. The molecule has 1 fully saturated rings. The highest BCUT2D eigenvalue weighted by Gasteiger charge is 2.24. The molecule has 0 spiro atoms. The van der Waals surface area contributed by atoms with Crippen LogP contribution in [0.25, 0.3) is 0 Å². The Morgan fingerprint density at radius 3 is 2.29 bits per heavy atom. The fourth-order valence-electron chi connectivity index (χ4n) is 5.02. The van der Waals surface area contributed by atoms with E-state index < -0.39 is 11.8 Å². The van der Waals surface area contributed by atoms with Crippen molar-refractivity contribution in [2.45, 2.75) is 13.0 Å². The Hall–Kier alpha value is -5.45. The summed E-state index contributed by atoms with van der Waals surface area (Å²) in [5.74, 6) is -0.998. The molecule has 232 valence electrons. The summed E-state index contributed by atoms with van der Waals surface area (Å²) >= 11 is 0. The molecule has 11 heteroatoms. The largest absolute Gasteiger partial charge is 0.497 e. The summed E-state index contributed by atoms with van der Waals surface area (Å²) in [5.41, 5.74) is 2.63. The van der Waals surface area contributed by atoms with E-state index in [9.17, 15) is 23.2 Å². The fraction of sp³-hybridized carbons (Fsp3) is 0.206. The van der Waals surface area contributed by atoms with Crippen molar-refractivity contribution in [1.29, 1.82) is 0 Å². The highest BCUT2D eigenvalue weighted by molar-refractivity contribution is 6.06. The molecule has 1 aliphatic heterocycles. The summed E-state index contributed by atoms with van der Waals surface area (Å²) in [6.45, 7) is 1.93. The minimum absolute atomic E-state index is 0.107. The van der Waals surface area contributed by atoms with Gasteiger partial charge < -0.3 is 30.5 Å². The van der Waals surface area contributed by atoms with Gasteiger partial charge in [0.05, 0.1) is 18.4 Å². The van der Waals surface area contributed by atoms with Crippen LogP contribution in [0.3, 0.4) is 0 Å². The number of nitrogens with one attached hydrogen (secondary N) is 3. The third-order valence-corrected chi connectivity index (χ3v) is 7.46. The molecular formula is C34H33F2N5O4. The van der Waals surface area contributed by atoms with E-state index in [4.69, 9.17) is 4.74 Å². The number of benzene rings is 4. The molecule has 4 amide bonds. The maximum Gasteiger partial charge on any atom is 0.321 e. The zero-order valence-electron chi connectivity index (χ0n) is 24.7. The van der Waals surface area contributed by atoms with Crippen LogP contribution in [0.5, 0.6) is 5.75 Å². The second-order valence-electron chi connectivity index (χ2n) is 10.5. The second kappa shape index (κ2) is 14.3. The number of hydrogen-bond donors (Lipinski definition) is 3. The molecule has 0 radical (unpaired) electrons. The Labute approximate surface area is 259 Å². The van der Waals surface area contributed by atoms with Gasteiger partial charge in [-0.25, -0.2) is 13.6 Å². The van der Waals surface area contributed by atoms with E-state index in [1.165, 1.54) is 24.3 Å². The summed E-state index contributed by atoms with van der Waals surface area (Å²) in [6, 6.07) is 23.2. The third kappa shape index (κ3) is 7.94. The first-order chi connectivity index (χ1) is 21.8. The zero-order valence-corrected chi connectivity index (χ0v) is 24.7. The van der Waals surface area contributed by atoms with Crippen LogP contribution in [0.4, 0.5) is 30.6 Å². The van der Waals surface area contributed by atoms with Gasteiger partial charge in [0.1, 0.15) is 17.4 Å². The summed E-state index contributed by atoms with van der Waals surface area (Å²) in [4.78, 5) is 43.1. The molecule has 1 heterocycles. The van der Waals surface area contributed by atoms with Gasteiger partial charge in [0.15, 0.2) is 0 Å². The number of carbonyl (C=O) groups is 3. The van der Waals surface area contributed by atoms with Crippen molar-refractivity contribution < 1.29 is 27.9 Å². The van der Waals surface area contributed by atoms with Crippen LogP contribution < -0.4 is 25.6 Å². The highest BCUT2D eigenvalue weighted by atomic mass is 19.1. The quantitative estimate of drug-likeness (QED) is 0.230. The standard InChI is InChI=1S/C34H33F2N5O4/c1-45-27-14-9-24(10-15-27)32(42)38-26-13-16-31(28(21-26)33(43)37-22-23-7-11-25(35)12-8-23)40-17-4-18-41(20-19-40)34(44)39-30-6-3-2-5-29(30)36/h2-3,5-16,21H,4,17-20,22H2,1H3,(H,37,43)(H,38,42)(H,39,44). The molecule has 9 nitrogen and oxygen atoms in total. The average molecular weight is 614 g/mol. The van der Waals surface area contributed by atoms with Gasteiger partial charge in [0, 0.05) is 49.7 Å². The van der Waals surface area contributed by atoms with Gasteiger partial charge in [-0.1, -0.05) is 24.3 Å². The number of anilines is 3. The molecule has 0 unspecified atom stereocenters. The van der Waals surface area contributed by atoms with Gasteiger partial charge in [-0.3, -0.25) is 9.59 Å². The van der Waals surface area contributed by atoms with Gasteiger partial charge in [0.25, 0.3) is 11.8 Å². The highest BCUT2D eigenvalue weighted by Crippen LogP contribution is 2.27. The van der Waals surface area contributed by atoms with Crippen LogP contribution in [-0.4, -0.2) is 56.0 Å². The van der Waals surface area contributed by atoms with Gasteiger partial charge in [-0.2, -0.15) is 0 Å². The van der Waals surface area contributed by atoms with Crippen molar-refractivity contribution in [3.05, 3.63) is 119 Å². The molecule has 1 saturated heterocycles. The van der Waals surface area contributed by atoms with Crippen molar-refractivity contribution in [1.82, 2.24) is 10.2 Å². The number of hydrogen-bond acceptors (Lipinski definition) is 5. The third-order valence-electron chi connectivity index (χ3n) is 7.46. The minimum atomic E-state index is -0.516.